The standard InChI is InChI=1S/C49H46/c1-33-15-4-8-20-41(33)45-21-10-12-23-47(45)48-24-13-11-22-46(48)42-25-14-26-43(35(42)3)49-32-39(29-30-44(49)37-27-28-37)38-18-6-5-16-36-17-7-9-19-40(36)34(2)31-38/h4,6-10,12,14-15,17-23,25-26,29-32,37,48H,2,5,11,13,16,24,27-28H2,1,3H3/b18-6-,38-31+. The fourth-order valence-electron chi connectivity index (χ4n) is 8.37. The van der Waals surface area contributed by atoms with Crippen molar-refractivity contribution in [2.45, 2.75) is 70.6 Å². The summed E-state index contributed by atoms with van der Waals surface area (Å²) in [4.78, 5) is 0. The molecule has 5 aromatic carbocycles. The Kier molecular flexibility index (Phi) is 8.65. The third-order valence-corrected chi connectivity index (χ3v) is 11.1. The molecule has 3 aliphatic carbocycles. The van der Waals surface area contributed by atoms with Gasteiger partial charge in [-0.2, -0.15) is 0 Å². The summed E-state index contributed by atoms with van der Waals surface area (Å²) in [5, 5.41) is 0. The fourth-order valence-corrected chi connectivity index (χ4v) is 8.37. The highest BCUT2D eigenvalue weighted by atomic mass is 14.3. The summed E-state index contributed by atoms with van der Waals surface area (Å²) < 4.78 is 0. The molecule has 1 fully saturated rings. The summed E-state index contributed by atoms with van der Waals surface area (Å²) in [6.07, 6.45) is 17.7. The molecule has 8 rings (SSSR count). The lowest BCUT2D eigenvalue weighted by molar-refractivity contribution is 0.669. The van der Waals surface area contributed by atoms with E-state index in [1.807, 2.05) is 0 Å². The van der Waals surface area contributed by atoms with Crippen LogP contribution in [-0.2, 0) is 6.42 Å². The van der Waals surface area contributed by atoms with E-state index in [1.165, 1.54) is 104 Å². The molecule has 1 unspecified atom stereocenters. The van der Waals surface area contributed by atoms with Crippen molar-refractivity contribution in [1.29, 1.82) is 0 Å². The van der Waals surface area contributed by atoms with Crippen LogP contribution in [0.15, 0.2) is 140 Å². The molecule has 49 heavy (non-hydrogen) atoms. The van der Waals surface area contributed by atoms with Crippen molar-refractivity contribution in [3.63, 3.8) is 0 Å². The Morgan fingerprint density at radius 3 is 2.18 bits per heavy atom. The first-order valence-corrected chi connectivity index (χ1v) is 18.3. The molecule has 3 aliphatic rings. The SMILES string of the molecule is C=C1/C=C(c2ccc(C3CC3)c(-c3cccc(C4=CCCCC4c4ccccc4-c4ccccc4C)c3C)c2)\C=C/CCc2ccccc21. The molecule has 0 heterocycles. The lowest BCUT2D eigenvalue weighted by Crippen LogP contribution is -2.09. The van der Waals surface area contributed by atoms with Gasteiger partial charge in [0.05, 0.1) is 0 Å². The normalized spacial score (nSPS) is 19.5. The number of fused-ring (bicyclic) bond motifs is 1. The molecule has 0 saturated heterocycles. The molecule has 0 heteroatoms. The van der Waals surface area contributed by atoms with Crippen molar-refractivity contribution in [3.8, 4) is 22.3 Å². The number of aryl methyl sites for hydroxylation is 2. The van der Waals surface area contributed by atoms with Gasteiger partial charge in [-0.1, -0.05) is 128 Å². The van der Waals surface area contributed by atoms with Gasteiger partial charge in [0, 0.05) is 5.92 Å². The monoisotopic (exact) mass is 634 g/mol. The van der Waals surface area contributed by atoms with E-state index in [1.54, 1.807) is 0 Å². The molecule has 5 aromatic rings. The number of hydrogen-bond donors (Lipinski definition) is 0. The number of benzene rings is 5. The molecule has 1 atom stereocenters. The van der Waals surface area contributed by atoms with Gasteiger partial charge in [0.1, 0.15) is 0 Å². The van der Waals surface area contributed by atoms with Gasteiger partial charge in [-0.25, -0.2) is 0 Å². The van der Waals surface area contributed by atoms with Crippen molar-refractivity contribution in [2.75, 3.05) is 0 Å². The Morgan fingerprint density at radius 2 is 1.35 bits per heavy atom. The maximum Gasteiger partial charge on any atom is 0.00984 e. The fraction of sp³-hybridized carbons (Fsp3) is 0.224. The average molecular weight is 635 g/mol. The Labute approximate surface area is 293 Å². The molecule has 0 aromatic heterocycles. The first-order valence-electron chi connectivity index (χ1n) is 18.3. The van der Waals surface area contributed by atoms with Gasteiger partial charge < -0.3 is 0 Å². The maximum atomic E-state index is 4.53. The Bertz CT molecular complexity index is 2140. The highest BCUT2D eigenvalue weighted by Crippen LogP contribution is 2.49. The van der Waals surface area contributed by atoms with E-state index in [2.05, 4.69) is 154 Å². The molecular formula is C49H46. The smallest absolute Gasteiger partial charge is 0.00984 e. The zero-order valence-corrected chi connectivity index (χ0v) is 29.0. The number of rotatable bonds is 6. The van der Waals surface area contributed by atoms with Crippen LogP contribution in [0.25, 0.3) is 39.0 Å². The highest BCUT2D eigenvalue weighted by Gasteiger charge is 2.29. The van der Waals surface area contributed by atoms with Gasteiger partial charge in [-0.15, -0.1) is 0 Å². The van der Waals surface area contributed by atoms with Gasteiger partial charge in [0.2, 0.25) is 0 Å². The van der Waals surface area contributed by atoms with Crippen molar-refractivity contribution in [3.05, 3.63) is 185 Å². The topological polar surface area (TPSA) is 0 Å². The van der Waals surface area contributed by atoms with Crippen LogP contribution in [0.4, 0.5) is 0 Å². The van der Waals surface area contributed by atoms with Crippen LogP contribution in [0.5, 0.6) is 0 Å². The van der Waals surface area contributed by atoms with E-state index >= 15 is 0 Å². The quantitative estimate of drug-likeness (QED) is 0.174. The van der Waals surface area contributed by atoms with E-state index in [0.717, 1.165) is 24.8 Å². The third-order valence-electron chi connectivity index (χ3n) is 11.1. The Morgan fingerprint density at radius 1 is 0.612 bits per heavy atom. The summed E-state index contributed by atoms with van der Waals surface area (Å²) in [6, 6.07) is 41.0. The molecule has 1 saturated carbocycles. The second kappa shape index (κ2) is 13.5. The zero-order chi connectivity index (χ0) is 33.3. The maximum absolute atomic E-state index is 4.53. The van der Waals surface area contributed by atoms with Crippen molar-refractivity contribution >= 4 is 16.7 Å². The molecule has 0 nitrogen and oxygen atoms in total. The van der Waals surface area contributed by atoms with Crippen molar-refractivity contribution < 1.29 is 0 Å². The van der Waals surface area contributed by atoms with Crippen molar-refractivity contribution in [2.24, 2.45) is 0 Å². The van der Waals surface area contributed by atoms with Crippen LogP contribution < -0.4 is 0 Å². The Balaban J connectivity index is 1.22. The van der Waals surface area contributed by atoms with Gasteiger partial charge in [-0.3, -0.25) is 0 Å². The van der Waals surface area contributed by atoms with Crippen LogP contribution in [-0.4, -0.2) is 0 Å². The first-order chi connectivity index (χ1) is 24.1. The van der Waals surface area contributed by atoms with Gasteiger partial charge in [0.15, 0.2) is 0 Å². The summed E-state index contributed by atoms with van der Waals surface area (Å²) in [7, 11) is 0. The predicted octanol–water partition coefficient (Wildman–Crippen LogP) is 13.5. The lowest BCUT2D eigenvalue weighted by atomic mass is 9.75. The van der Waals surface area contributed by atoms with Crippen LogP contribution in [0, 0.1) is 13.8 Å². The van der Waals surface area contributed by atoms with E-state index in [0.29, 0.717) is 11.8 Å². The van der Waals surface area contributed by atoms with Crippen LogP contribution >= 0.6 is 0 Å². The number of allylic oxidation sites excluding steroid dienone is 7. The van der Waals surface area contributed by atoms with Crippen LogP contribution in [0.1, 0.15) is 94.9 Å². The molecule has 242 valence electrons. The number of hydrogen-bond acceptors (Lipinski definition) is 0. The van der Waals surface area contributed by atoms with E-state index in [9.17, 15) is 0 Å². The largest absolute Gasteiger partial charge is 0.0911 e. The van der Waals surface area contributed by atoms with E-state index in [4.69, 9.17) is 0 Å². The van der Waals surface area contributed by atoms with E-state index < -0.39 is 0 Å². The van der Waals surface area contributed by atoms with Crippen LogP contribution in [0.2, 0.25) is 0 Å². The second-order valence-electron chi connectivity index (χ2n) is 14.3. The summed E-state index contributed by atoms with van der Waals surface area (Å²) in [5.41, 5.74) is 20.3. The third kappa shape index (κ3) is 6.22. The molecule has 0 radical (unpaired) electrons. The van der Waals surface area contributed by atoms with Gasteiger partial charge in [0.25, 0.3) is 0 Å². The summed E-state index contributed by atoms with van der Waals surface area (Å²) in [6.45, 7) is 9.14. The van der Waals surface area contributed by atoms with E-state index in [-0.39, 0.29) is 0 Å². The minimum atomic E-state index is 0.371. The molecule has 0 N–H and O–H groups in total. The van der Waals surface area contributed by atoms with Crippen LogP contribution in [0.3, 0.4) is 0 Å². The first kappa shape index (κ1) is 31.3. The zero-order valence-electron chi connectivity index (χ0n) is 29.0. The highest BCUT2D eigenvalue weighted by molar-refractivity contribution is 5.90. The lowest BCUT2D eigenvalue weighted by Gasteiger charge is -2.29. The molecule has 0 spiro atoms. The molecule has 0 bridgehead atoms. The summed E-state index contributed by atoms with van der Waals surface area (Å²) in [5.74, 6) is 1.03. The molecular weight excluding hydrogens is 589 g/mol. The van der Waals surface area contributed by atoms with Gasteiger partial charge >= 0.3 is 0 Å². The predicted molar refractivity (Wildman–Crippen MR) is 211 cm³/mol. The Hall–Kier alpha value is -4.94. The minimum Gasteiger partial charge on any atom is -0.0911 e. The average Bonchev–Trinajstić information content (AvgIpc) is 3.98. The molecule has 0 amide bonds. The minimum absolute atomic E-state index is 0.371. The van der Waals surface area contributed by atoms with Gasteiger partial charge in [-0.05, 0) is 160 Å². The second-order valence-corrected chi connectivity index (χ2v) is 14.3. The molecule has 0 aliphatic heterocycles. The van der Waals surface area contributed by atoms with Crippen molar-refractivity contribution in [1.82, 2.24) is 0 Å². The summed E-state index contributed by atoms with van der Waals surface area (Å²) >= 11 is 0.